The summed E-state index contributed by atoms with van der Waals surface area (Å²) in [6.45, 7) is 0. The molecule has 15 heavy (non-hydrogen) atoms. The maximum atomic E-state index is 11.4. The SMILES string of the molecule is O=C1CCC2(CCCc3ccccc32)N1. The van der Waals surface area contributed by atoms with Crippen LogP contribution < -0.4 is 5.32 Å². The average molecular weight is 201 g/mol. The van der Waals surface area contributed by atoms with Gasteiger partial charge in [-0.15, -0.1) is 0 Å². The molecule has 78 valence electrons. The van der Waals surface area contributed by atoms with Crippen molar-refractivity contribution in [3.8, 4) is 0 Å². The highest BCUT2D eigenvalue weighted by molar-refractivity contribution is 5.80. The van der Waals surface area contributed by atoms with Crippen molar-refractivity contribution in [1.82, 2.24) is 5.32 Å². The first-order valence-electron chi connectivity index (χ1n) is 5.70. The molecule has 1 atom stereocenters. The zero-order chi connectivity index (χ0) is 10.3. The number of amides is 1. The first kappa shape index (κ1) is 8.96. The van der Waals surface area contributed by atoms with Crippen molar-refractivity contribution >= 4 is 5.91 Å². The summed E-state index contributed by atoms with van der Waals surface area (Å²) < 4.78 is 0. The predicted molar refractivity (Wildman–Crippen MR) is 58.4 cm³/mol. The maximum Gasteiger partial charge on any atom is 0.220 e. The number of nitrogens with one attached hydrogen (secondary N) is 1. The molecule has 1 heterocycles. The van der Waals surface area contributed by atoms with E-state index >= 15 is 0 Å². The first-order chi connectivity index (χ1) is 7.30. The minimum absolute atomic E-state index is 0.0219. The van der Waals surface area contributed by atoms with Crippen LogP contribution in [0.4, 0.5) is 0 Å². The number of carbonyl (C=O) groups excluding carboxylic acids is 1. The van der Waals surface area contributed by atoms with Crippen molar-refractivity contribution in [2.45, 2.75) is 37.6 Å². The standard InChI is InChI=1S/C13H15NO/c15-12-7-9-13(14-12)8-3-5-10-4-1-2-6-11(10)13/h1-2,4,6H,3,5,7-9H2,(H,14,15). The molecule has 0 radical (unpaired) electrons. The Bertz CT molecular complexity index is 413. The molecule has 0 aromatic heterocycles. The van der Waals surface area contributed by atoms with E-state index in [0.717, 1.165) is 19.3 Å². The van der Waals surface area contributed by atoms with Gasteiger partial charge in [-0.1, -0.05) is 24.3 Å². The molecule has 2 aliphatic rings. The highest BCUT2D eigenvalue weighted by Gasteiger charge is 2.41. The monoisotopic (exact) mass is 201 g/mol. The van der Waals surface area contributed by atoms with E-state index in [0.29, 0.717) is 6.42 Å². The van der Waals surface area contributed by atoms with Crippen molar-refractivity contribution in [3.63, 3.8) is 0 Å². The molecule has 0 saturated carbocycles. The molecule has 1 amide bonds. The summed E-state index contributed by atoms with van der Waals surface area (Å²) in [6.07, 6.45) is 5.12. The van der Waals surface area contributed by atoms with Crippen molar-refractivity contribution < 1.29 is 4.79 Å². The smallest absolute Gasteiger partial charge is 0.220 e. The molecule has 2 nitrogen and oxygen atoms in total. The van der Waals surface area contributed by atoms with Crippen LogP contribution in [0.5, 0.6) is 0 Å². The second-order valence-corrected chi connectivity index (χ2v) is 4.64. The Labute approximate surface area is 89.7 Å². The predicted octanol–water partition coefficient (Wildman–Crippen LogP) is 2.13. The summed E-state index contributed by atoms with van der Waals surface area (Å²) in [5.41, 5.74) is 2.76. The van der Waals surface area contributed by atoms with Gasteiger partial charge in [-0.05, 0) is 36.8 Å². The minimum Gasteiger partial charge on any atom is -0.347 e. The van der Waals surface area contributed by atoms with Crippen LogP contribution in [0.1, 0.15) is 36.8 Å². The van der Waals surface area contributed by atoms with Crippen molar-refractivity contribution in [3.05, 3.63) is 35.4 Å². The first-order valence-corrected chi connectivity index (χ1v) is 5.70. The topological polar surface area (TPSA) is 29.1 Å². The van der Waals surface area contributed by atoms with Crippen molar-refractivity contribution in [1.29, 1.82) is 0 Å². The van der Waals surface area contributed by atoms with Gasteiger partial charge in [-0.3, -0.25) is 4.79 Å². The summed E-state index contributed by atoms with van der Waals surface area (Å²) in [4.78, 5) is 11.4. The van der Waals surface area contributed by atoms with Crippen molar-refractivity contribution in [2.24, 2.45) is 0 Å². The van der Waals surface area contributed by atoms with Crippen LogP contribution in [0, 0.1) is 0 Å². The van der Waals surface area contributed by atoms with Crippen LogP contribution >= 0.6 is 0 Å². The molecule has 1 aliphatic carbocycles. The number of hydrogen-bond donors (Lipinski definition) is 1. The van der Waals surface area contributed by atoms with E-state index in [1.54, 1.807) is 0 Å². The van der Waals surface area contributed by atoms with E-state index in [1.807, 2.05) is 0 Å². The van der Waals surface area contributed by atoms with E-state index < -0.39 is 0 Å². The molecule has 1 N–H and O–H groups in total. The van der Waals surface area contributed by atoms with Crippen LogP contribution in [-0.4, -0.2) is 5.91 Å². The van der Waals surface area contributed by atoms with Gasteiger partial charge in [0, 0.05) is 6.42 Å². The number of aryl methyl sites for hydroxylation is 1. The maximum absolute atomic E-state index is 11.4. The molecule has 2 heteroatoms. The van der Waals surface area contributed by atoms with Gasteiger partial charge >= 0.3 is 0 Å². The summed E-state index contributed by atoms with van der Waals surface area (Å²) >= 11 is 0. The van der Waals surface area contributed by atoms with E-state index in [2.05, 4.69) is 29.6 Å². The molecule has 1 aliphatic heterocycles. The number of rotatable bonds is 0. The van der Waals surface area contributed by atoms with Crippen molar-refractivity contribution in [2.75, 3.05) is 0 Å². The molecule has 1 fully saturated rings. The van der Waals surface area contributed by atoms with Gasteiger partial charge in [0.25, 0.3) is 0 Å². The lowest BCUT2D eigenvalue weighted by Gasteiger charge is -2.35. The van der Waals surface area contributed by atoms with E-state index in [4.69, 9.17) is 0 Å². The molecular weight excluding hydrogens is 186 g/mol. The molecule has 0 bridgehead atoms. The largest absolute Gasteiger partial charge is 0.347 e. The Morgan fingerprint density at radius 3 is 2.80 bits per heavy atom. The van der Waals surface area contributed by atoms with Gasteiger partial charge in [-0.25, -0.2) is 0 Å². The Balaban J connectivity index is 2.09. The quantitative estimate of drug-likeness (QED) is 0.684. The molecule has 1 spiro atoms. The minimum atomic E-state index is -0.0219. The van der Waals surface area contributed by atoms with E-state index in [9.17, 15) is 4.79 Å². The van der Waals surface area contributed by atoms with E-state index in [-0.39, 0.29) is 11.4 Å². The summed E-state index contributed by atoms with van der Waals surface area (Å²) in [6, 6.07) is 8.55. The molecular formula is C13H15NO. The molecule has 1 aromatic carbocycles. The van der Waals surface area contributed by atoms with Gasteiger partial charge in [0.1, 0.15) is 0 Å². The zero-order valence-corrected chi connectivity index (χ0v) is 8.75. The Kier molecular flexibility index (Phi) is 1.84. The third kappa shape index (κ3) is 1.28. The zero-order valence-electron chi connectivity index (χ0n) is 8.75. The highest BCUT2D eigenvalue weighted by atomic mass is 16.2. The molecule has 1 unspecified atom stereocenters. The third-order valence-corrected chi connectivity index (χ3v) is 3.74. The summed E-state index contributed by atoms with van der Waals surface area (Å²) in [7, 11) is 0. The van der Waals surface area contributed by atoms with Gasteiger partial charge in [0.05, 0.1) is 5.54 Å². The van der Waals surface area contributed by atoms with Gasteiger partial charge in [0.2, 0.25) is 5.91 Å². The van der Waals surface area contributed by atoms with Crippen LogP contribution in [0.3, 0.4) is 0 Å². The second kappa shape index (κ2) is 3.09. The fraction of sp³-hybridized carbons (Fsp3) is 0.462. The van der Waals surface area contributed by atoms with Crippen LogP contribution in [0.15, 0.2) is 24.3 Å². The summed E-state index contributed by atoms with van der Waals surface area (Å²) in [5.74, 6) is 0.215. The fourth-order valence-electron chi connectivity index (χ4n) is 3.03. The van der Waals surface area contributed by atoms with Crippen LogP contribution in [-0.2, 0) is 16.8 Å². The lowest BCUT2D eigenvalue weighted by atomic mass is 9.76. The summed E-state index contributed by atoms with van der Waals surface area (Å²) in [5, 5.41) is 3.19. The second-order valence-electron chi connectivity index (χ2n) is 4.64. The van der Waals surface area contributed by atoms with Crippen LogP contribution in [0.25, 0.3) is 0 Å². The molecule has 1 saturated heterocycles. The molecule has 3 rings (SSSR count). The highest BCUT2D eigenvalue weighted by Crippen LogP contribution is 2.41. The lowest BCUT2D eigenvalue weighted by molar-refractivity contribution is -0.119. The van der Waals surface area contributed by atoms with E-state index in [1.165, 1.54) is 17.5 Å². The van der Waals surface area contributed by atoms with Gasteiger partial charge in [-0.2, -0.15) is 0 Å². The fourth-order valence-corrected chi connectivity index (χ4v) is 3.03. The van der Waals surface area contributed by atoms with Gasteiger partial charge < -0.3 is 5.32 Å². The lowest BCUT2D eigenvalue weighted by Crippen LogP contribution is -2.41. The Morgan fingerprint density at radius 2 is 2.00 bits per heavy atom. The normalized spacial score (nSPS) is 28.9. The number of benzene rings is 1. The average Bonchev–Trinajstić information content (AvgIpc) is 2.62. The number of hydrogen-bond acceptors (Lipinski definition) is 1. The van der Waals surface area contributed by atoms with Crippen LogP contribution in [0.2, 0.25) is 0 Å². The molecule has 1 aromatic rings. The Hall–Kier alpha value is -1.31. The van der Waals surface area contributed by atoms with Gasteiger partial charge in [0.15, 0.2) is 0 Å². The Morgan fingerprint density at radius 1 is 1.13 bits per heavy atom. The number of carbonyl (C=O) groups is 1. The number of fused-ring (bicyclic) bond motifs is 2. The third-order valence-electron chi connectivity index (χ3n) is 3.74.